The van der Waals surface area contributed by atoms with Gasteiger partial charge < -0.3 is 5.32 Å². The fraction of sp³-hybridized carbons (Fsp3) is 0.190. The normalized spacial score (nSPS) is 11.2. The third-order valence-corrected chi connectivity index (χ3v) is 5.00. The minimum atomic E-state index is -4.64. The number of thiophene rings is 1. The van der Waals surface area contributed by atoms with Crippen LogP contribution in [0.15, 0.2) is 52.9 Å². The van der Waals surface area contributed by atoms with E-state index < -0.39 is 30.1 Å². The number of fused-ring (bicyclic) bond motifs is 1. The fourth-order valence-electron chi connectivity index (χ4n) is 2.46. The molecule has 2 amide bonds. The summed E-state index contributed by atoms with van der Waals surface area (Å²) in [5.74, 6) is -1.49. The van der Waals surface area contributed by atoms with Gasteiger partial charge in [-0.05, 0) is 24.3 Å². The molecule has 3 aromatic rings. The first kappa shape index (κ1) is 24.4. The molecule has 0 saturated carbocycles. The van der Waals surface area contributed by atoms with Gasteiger partial charge in [0, 0.05) is 31.6 Å². The Morgan fingerprint density at radius 3 is 2.58 bits per heavy atom. The quantitative estimate of drug-likeness (QED) is 0.383. The van der Waals surface area contributed by atoms with Gasteiger partial charge >= 0.3 is 6.18 Å². The molecule has 0 aliphatic rings. The van der Waals surface area contributed by atoms with Crippen molar-refractivity contribution in [1.29, 1.82) is 0 Å². The van der Waals surface area contributed by atoms with E-state index in [9.17, 15) is 22.8 Å². The topological polar surface area (TPSA) is 70.6 Å². The highest BCUT2D eigenvalue weighted by atomic mass is 35.5. The maximum atomic E-state index is 12.8. The van der Waals surface area contributed by atoms with Crippen molar-refractivity contribution in [3.05, 3.63) is 69.6 Å². The minimum Gasteiger partial charge on any atom is -0.343 e. The average molecular weight is 470 g/mol. The zero-order valence-corrected chi connectivity index (χ0v) is 18.2. The summed E-state index contributed by atoms with van der Waals surface area (Å²) >= 11 is 7.18. The van der Waals surface area contributed by atoms with Crippen LogP contribution in [0, 0.1) is 0 Å². The smallest absolute Gasteiger partial charge is 0.343 e. The van der Waals surface area contributed by atoms with Gasteiger partial charge in [0.05, 0.1) is 18.3 Å². The summed E-state index contributed by atoms with van der Waals surface area (Å²) in [4.78, 5) is 23.9. The number of hydrogen-bond acceptors (Lipinski definition) is 4. The van der Waals surface area contributed by atoms with Crippen molar-refractivity contribution in [3.63, 3.8) is 0 Å². The molecular weight excluding hydrogens is 451 g/mol. The van der Waals surface area contributed by atoms with Crippen molar-refractivity contribution >= 4 is 51.1 Å². The molecule has 0 saturated heterocycles. The van der Waals surface area contributed by atoms with Gasteiger partial charge in [0.15, 0.2) is 0 Å². The van der Waals surface area contributed by atoms with Crippen LogP contribution in [0.3, 0.4) is 0 Å². The second kappa shape index (κ2) is 10.9. The van der Waals surface area contributed by atoms with E-state index in [1.54, 1.807) is 0 Å². The van der Waals surface area contributed by atoms with E-state index in [1.165, 1.54) is 17.6 Å². The summed E-state index contributed by atoms with van der Waals surface area (Å²) in [6, 6.07) is 10.2. The monoisotopic (exact) mass is 469 g/mol. The molecule has 0 unspecified atom stereocenters. The first-order valence-electron chi connectivity index (χ1n) is 9.18. The second-order valence-corrected chi connectivity index (χ2v) is 7.24. The molecule has 3 rings (SSSR count). The maximum Gasteiger partial charge on any atom is 0.416 e. The van der Waals surface area contributed by atoms with E-state index >= 15 is 0 Å². The highest BCUT2D eigenvalue weighted by Gasteiger charge is 2.31. The predicted octanol–water partition coefficient (Wildman–Crippen LogP) is 5.48. The number of nitrogens with zero attached hydrogens (tertiary/aromatic N) is 1. The molecule has 2 aromatic carbocycles. The van der Waals surface area contributed by atoms with Crippen LogP contribution in [-0.4, -0.2) is 24.6 Å². The Hall–Kier alpha value is -2.91. The number of nitrogens with one attached hydrogen (secondary N) is 2. The Balaban J connectivity index is 0.00000166. The molecule has 10 heteroatoms. The molecule has 0 atom stereocenters. The molecule has 1 heterocycles. The van der Waals surface area contributed by atoms with E-state index in [0.717, 1.165) is 21.7 Å². The van der Waals surface area contributed by atoms with Gasteiger partial charge in [-0.15, -0.1) is 11.3 Å². The third kappa shape index (κ3) is 6.80. The summed E-state index contributed by atoms with van der Waals surface area (Å²) < 4.78 is 39.5. The summed E-state index contributed by atoms with van der Waals surface area (Å²) in [6.07, 6.45) is -3.16. The SMILES string of the molecule is CC.O=C(CNC(=O)c1cc(Cl)cc(C(F)(F)F)c1)N/N=C/c1csc2ccccc12. The van der Waals surface area contributed by atoms with Crippen LogP contribution in [0.1, 0.15) is 35.3 Å². The van der Waals surface area contributed by atoms with E-state index in [2.05, 4.69) is 15.8 Å². The minimum absolute atomic E-state index is 0.234. The van der Waals surface area contributed by atoms with Gasteiger partial charge in [-0.2, -0.15) is 18.3 Å². The van der Waals surface area contributed by atoms with Crippen LogP contribution in [-0.2, 0) is 11.0 Å². The number of carbonyl (C=O) groups excluding carboxylic acids is 2. The van der Waals surface area contributed by atoms with Crippen molar-refractivity contribution in [2.75, 3.05) is 6.54 Å². The summed E-state index contributed by atoms with van der Waals surface area (Å²) in [6.45, 7) is 3.54. The molecule has 1 aromatic heterocycles. The average Bonchev–Trinajstić information content (AvgIpc) is 3.15. The van der Waals surface area contributed by atoms with E-state index in [0.29, 0.717) is 12.1 Å². The van der Waals surface area contributed by atoms with Crippen molar-refractivity contribution in [2.45, 2.75) is 20.0 Å². The van der Waals surface area contributed by atoms with E-state index in [-0.39, 0.29) is 10.6 Å². The third-order valence-electron chi connectivity index (χ3n) is 3.80. The zero-order valence-electron chi connectivity index (χ0n) is 16.6. The van der Waals surface area contributed by atoms with Crippen LogP contribution in [0.4, 0.5) is 13.2 Å². The molecule has 0 aliphatic heterocycles. The Morgan fingerprint density at radius 2 is 1.87 bits per heavy atom. The summed E-state index contributed by atoms with van der Waals surface area (Å²) in [7, 11) is 0. The highest BCUT2D eigenvalue weighted by molar-refractivity contribution is 7.17. The van der Waals surface area contributed by atoms with Crippen molar-refractivity contribution in [1.82, 2.24) is 10.7 Å². The van der Waals surface area contributed by atoms with Gasteiger partial charge in [0.1, 0.15) is 0 Å². The number of hydrazone groups is 1. The van der Waals surface area contributed by atoms with Gasteiger partial charge in [-0.1, -0.05) is 43.6 Å². The number of halogens is 4. The van der Waals surface area contributed by atoms with Crippen molar-refractivity contribution in [3.8, 4) is 0 Å². The van der Waals surface area contributed by atoms with Crippen molar-refractivity contribution < 1.29 is 22.8 Å². The molecule has 164 valence electrons. The molecule has 0 spiro atoms. The van der Waals surface area contributed by atoms with Crippen LogP contribution in [0.25, 0.3) is 10.1 Å². The number of amides is 2. The summed E-state index contributed by atoms with van der Waals surface area (Å²) in [5.41, 5.74) is 1.73. The fourth-order valence-corrected chi connectivity index (χ4v) is 3.61. The Bertz CT molecular complexity index is 1100. The number of benzene rings is 2. The van der Waals surface area contributed by atoms with E-state index in [1.807, 2.05) is 43.5 Å². The Morgan fingerprint density at radius 1 is 1.16 bits per heavy atom. The lowest BCUT2D eigenvalue weighted by molar-refractivity contribution is -0.137. The first-order chi connectivity index (χ1) is 14.7. The lowest BCUT2D eigenvalue weighted by atomic mass is 10.1. The highest BCUT2D eigenvalue weighted by Crippen LogP contribution is 2.31. The molecule has 0 radical (unpaired) electrons. The summed E-state index contributed by atoms with van der Waals surface area (Å²) in [5, 5.41) is 8.71. The largest absolute Gasteiger partial charge is 0.416 e. The van der Waals surface area contributed by atoms with Gasteiger partial charge in [0.2, 0.25) is 0 Å². The number of carbonyl (C=O) groups is 2. The molecule has 2 N–H and O–H groups in total. The zero-order chi connectivity index (χ0) is 23.0. The lowest BCUT2D eigenvalue weighted by Crippen LogP contribution is -2.35. The number of alkyl halides is 3. The Kier molecular flexibility index (Phi) is 8.58. The van der Waals surface area contributed by atoms with E-state index in [4.69, 9.17) is 11.6 Å². The van der Waals surface area contributed by atoms with Gasteiger partial charge in [0.25, 0.3) is 11.8 Å². The standard InChI is InChI=1S/C19H13ClF3N3O2S.C2H6/c20-14-6-11(5-13(7-14)19(21,22)23)18(28)24-9-17(27)26-25-8-12-10-29-16-4-2-1-3-15(12)16;1-2/h1-8,10H,9H2,(H,24,28)(H,26,27);1-2H3/b25-8+;. The first-order valence-corrected chi connectivity index (χ1v) is 10.4. The van der Waals surface area contributed by atoms with Gasteiger partial charge in [-0.25, -0.2) is 5.43 Å². The second-order valence-electron chi connectivity index (χ2n) is 5.89. The van der Waals surface area contributed by atoms with Crippen LogP contribution in [0.5, 0.6) is 0 Å². The van der Waals surface area contributed by atoms with Gasteiger partial charge in [-0.3, -0.25) is 9.59 Å². The predicted molar refractivity (Wildman–Crippen MR) is 118 cm³/mol. The van der Waals surface area contributed by atoms with Crippen LogP contribution >= 0.6 is 22.9 Å². The lowest BCUT2D eigenvalue weighted by Gasteiger charge is -2.10. The number of rotatable bonds is 5. The molecule has 5 nitrogen and oxygen atoms in total. The van der Waals surface area contributed by atoms with Crippen molar-refractivity contribution in [2.24, 2.45) is 5.10 Å². The molecular formula is C21H19ClF3N3O2S. The Labute approximate surface area is 185 Å². The molecule has 0 fully saturated rings. The number of hydrogen-bond donors (Lipinski definition) is 2. The maximum absolute atomic E-state index is 12.8. The molecule has 31 heavy (non-hydrogen) atoms. The molecule has 0 bridgehead atoms. The van der Waals surface area contributed by atoms with Crippen LogP contribution < -0.4 is 10.7 Å². The molecule has 0 aliphatic carbocycles. The van der Waals surface area contributed by atoms with Crippen LogP contribution in [0.2, 0.25) is 5.02 Å².